The molecule has 3 rings (SSSR count). The first-order chi connectivity index (χ1) is 17.0. The van der Waals surface area contributed by atoms with Crippen LogP contribution >= 0.6 is 0 Å². The zero-order valence-corrected chi connectivity index (χ0v) is 19.3. The fourth-order valence-electron chi connectivity index (χ4n) is 3.28. The number of aliphatic hydroxyl groups excluding tert-OH is 1. The molecule has 0 radical (unpaired) electrons. The molecule has 182 valence electrons. The van der Waals surface area contributed by atoms with Gasteiger partial charge < -0.3 is 15.7 Å². The van der Waals surface area contributed by atoms with Crippen molar-refractivity contribution in [3.63, 3.8) is 0 Å². The summed E-state index contributed by atoms with van der Waals surface area (Å²) >= 11 is 0. The molecule has 0 bridgehead atoms. The molecule has 0 aromatic heterocycles. The highest BCUT2D eigenvalue weighted by molar-refractivity contribution is 5.97. The van der Waals surface area contributed by atoms with Crippen LogP contribution < -0.4 is 16.1 Å². The number of carbonyl (C=O) groups is 3. The molecule has 1 aliphatic rings. The predicted octanol–water partition coefficient (Wildman–Crippen LogP) is 2.15. The minimum absolute atomic E-state index is 0.00398. The Labute approximate surface area is 204 Å². The Morgan fingerprint density at radius 2 is 1.77 bits per heavy atom. The maximum absolute atomic E-state index is 12.6. The number of nitrogens with one attached hydrogen (secondary N) is 3. The fraction of sp³-hybridized carbons (Fsp3) is 0.296. The van der Waals surface area contributed by atoms with E-state index in [2.05, 4.69) is 22.5 Å². The van der Waals surface area contributed by atoms with Crippen LogP contribution in [0.4, 0.5) is 0 Å². The molecule has 8 nitrogen and oxygen atoms in total. The van der Waals surface area contributed by atoms with Crippen LogP contribution in [-0.4, -0.2) is 40.6 Å². The lowest BCUT2D eigenvalue weighted by atomic mass is 10.1. The SMILES string of the molecule is O=C(CCC1CC1)NC[C@H](NC(=O)c1ccc(C#C/C=C/c2ccc(CO)cc2)cc1)C(=O)NO. The maximum Gasteiger partial charge on any atom is 0.267 e. The Kier molecular flexibility index (Phi) is 9.60. The molecule has 1 fully saturated rings. The van der Waals surface area contributed by atoms with Crippen molar-refractivity contribution in [2.45, 2.75) is 38.3 Å². The summed E-state index contributed by atoms with van der Waals surface area (Å²) in [7, 11) is 0. The van der Waals surface area contributed by atoms with Gasteiger partial charge in [0.25, 0.3) is 11.8 Å². The first-order valence-electron chi connectivity index (χ1n) is 11.5. The second-order valence-corrected chi connectivity index (χ2v) is 8.37. The van der Waals surface area contributed by atoms with Crippen LogP contribution in [0.1, 0.15) is 52.7 Å². The minimum atomic E-state index is -1.12. The molecule has 5 N–H and O–H groups in total. The van der Waals surface area contributed by atoms with E-state index in [9.17, 15) is 14.4 Å². The molecular weight excluding hydrogens is 446 g/mol. The van der Waals surface area contributed by atoms with Crippen molar-refractivity contribution >= 4 is 23.8 Å². The van der Waals surface area contributed by atoms with Crippen molar-refractivity contribution in [3.05, 3.63) is 76.9 Å². The van der Waals surface area contributed by atoms with Crippen molar-refractivity contribution in [2.75, 3.05) is 6.54 Å². The lowest BCUT2D eigenvalue weighted by molar-refractivity contribution is -0.131. The van der Waals surface area contributed by atoms with Crippen LogP contribution in [0.2, 0.25) is 0 Å². The predicted molar refractivity (Wildman–Crippen MR) is 131 cm³/mol. The summed E-state index contributed by atoms with van der Waals surface area (Å²) < 4.78 is 0. The van der Waals surface area contributed by atoms with E-state index in [1.807, 2.05) is 30.3 Å². The zero-order chi connectivity index (χ0) is 25.0. The number of hydroxylamine groups is 1. The highest BCUT2D eigenvalue weighted by Gasteiger charge is 2.24. The molecule has 8 heteroatoms. The second kappa shape index (κ2) is 13.1. The van der Waals surface area contributed by atoms with Gasteiger partial charge in [-0.1, -0.05) is 48.9 Å². The quantitative estimate of drug-likeness (QED) is 0.204. The van der Waals surface area contributed by atoms with Gasteiger partial charge in [0.1, 0.15) is 6.04 Å². The summed E-state index contributed by atoms with van der Waals surface area (Å²) in [6.45, 7) is -0.121. The third-order valence-corrected chi connectivity index (χ3v) is 5.60. The van der Waals surface area contributed by atoms with E-state index in [0.717, 1.165) is 30.4 Å². The van der Waals surface area contributed by atoms with Gasteiger partial charge in [0.2, 0.25) is 5.91 Å². The van der Waals surface area contributed by atoms with Crippen molar-refractivity contribution in [1.82, 2.24) is 16.1 Å². The molecule has 0 unspecified atom stereocenters. The Balaban J connectivity index is 1.52. The van der Waals surface area contributed by atoms with Gasteiger partial charge in [0.15, 0.2) is 0 Å². The van der Waals surface area contributed by atoms with E-state index < -0.39 is 17.9 Å². The molecule has 0 spiro atoms. The van der Waals surface area contributed by atoms with Crippen molar-refractivity contribution < 1.29 is 24.7 Å². The normalized spacial score (nSPS) is 13.4. The number of benzene rings is 2. The molecular formula is C27H29N3O5. The Morgan fingerprint density at radius 3 is 2.40 bits per heavy atom. The van der Waals surface area contributed by atoms with E-state index >= 15 is 0 Å². The van der Waals surface area contributed by atoms with E-state index in [4.69, 9.17) is 10.3 Å². The average molecular weight is 476 g/mol. The van der Waals surface area contributed by atoms with Gasteiger partial charge in [0.05, 0.1) is 6.61 Å². The van der Waals surface area contributed by atoms with Gasteiger partial charge in [-0.15, -0.1) is 0 Å². The van der Waals surface area contributed by atoms with Crippen LogP contribution in [0.5, 0.6) is 0 Å². The summed E-state index contributed by atoms with van der Waals surface area (Å²) in [6.07, 6.45) is 7.07. The summed E-state index contributed by atoms with van der Waals surface area (Å²) in [6, 6.07) is 12.9. The lowest BCUT2D eigenvalue weighted by Crippen LogP contribution is -2.52. The molecule has 35 heavy (non-hydrogen) atoms. The third-order valence-electron chi connectivity index (χ3n) is 5.60. The number of rotatable bonds is 10. The Morgan fingerprint density at radius 1 is 1.06 bits per heavy atom. The first-order valence-corrected chi connectivity index (χ1v) is 11.5. The first kappa shape index (κ1) is 25.7. The van der Waals surface area contributed by atoms with E-state index in [0.29, 0.717) is 23.5 Å². The van der Waals surface area contributed by atoms with Gasteiger partial charge >= 0.3 is 0 Å². The smallest absolute Gasteiger partial charge is 0.267 e. The highest BCUT2D eigenvalue weighted by Crippen LogP contribution is 2.33. The zero-order valence-electron chi connectivity index (χ0n) is 19.3. The number of aliphatic hydroxyl groups is 1. The molecule has 2 aromatic rings. The van der Waals surface area contributed by atoms with Crippen molar-refractivity contribution in [3.8, 4) is 11.8 Å². The molecule has 0 saturated heterocycles. The Bertz CT molecular complexity index is 1110. The number of hydrogen-bond acceptors (Lipinski definition) is 5. The molecule has 2 aromatic carbocycles. The summed E-state index contributed by atoms with van der Waals surface area (Å²) in [5.41, 5.74) is 4.34. The molecule has 0 aliphatic heterocycles. The van der Waals surface area contributed by atoms with Crippen LogP contribution in [0, 0.1) is 17.8 Å². The van der Waals surface area contributed by atoms with Gasteiger partial charge in [-0.05, 0) is 59.9 Å². The van der Waals surface area contributed by atoms with Crippen molar-refractivity contribution in [1.29, 1.82) is 0 Å². The fourth-order valence-corrected chi connectivity index (χ4v) is 3.28. The number of allylic oxidation sites excluding steroid dienone is 1. The minimum Gasteiger partial charge on any atom is -0.392 e. The van der Waals surface area contributed by atoms with Crippen LogP contribution in [0.15, 0.2) is 54.6 Å². The van der Waals surface area contributed by atoms with Gasteiger partial charge in [-0.25, -0.2) is 5.48 Å². The summed E-state index contributed by atoms with van der Waals surface area (Å²) in [5, 5.41) is 23.2. The molecule has 1 saturated carbocycles. The summed E-state index contributed by atoms with van der Waals surface area (Å²) in [5.74, 6) is 4.99. The average Bonchev–Trinajstić information content (AvgIpc) is 3.72. The number of hydrogen-bond donors (Lipinski definition) is 5. The van der Waals surface area contributed by atoms with Crippen LogP contribution in [0.3, 0.4) is 0 Å². The van der Waals surface area contributed by atoms with Gasteiger partial charge in [-0.3, -0.25) is 19.6 Å². The maximum atomic E-state index is 12.6. The second-order valence-electron chi connectivity index (χ2n) is 8.37. The van der Waals surface area contributed by atoms with Gasteiger partial charge in [-0.2, -0.15) is 0 Å². The van der Waals surface area contributed by atoms with E-state index in [1.165, 1.54) is 5.48 Å². The Hall–Kier alpha value is -3.93. The highest BCUT2D eigenvalue weighted by atomic mass is 16.5. The monoisotopic (exact) mass is 475 g/mol. The van der Waals surface area contributed by atoms with Crippen LogP contribution in [-0.2, 0) is 16.2 Å². The van der Waals surface area contributed by atoms with Gasteiger partial charge in [0, 0.05) is 24.1 Å². The third kappa shape index (κ3) is 8.74. The van der Waals surface area contributed by atoms with E-state index in [-0.39, 0.29) is 19.1 Å². The topological polar surface area (TPSA) is 128 Å². The lowest BCUT2D eigenvalue weighted by Gasteiger charge is -2.17. The van der Waals surface area contributed by atoms with Crippen molar-refractivity contribution in [2.24, 2.45) is 5.92 Å². The van der Waals surface area contributed by atoms with Crippen LogP contribution in [0.25, 0.3) is 6.08 Å². The number of amides is 3. The number of carbonyl (C=O) groups excluding carboxylic acids is 3. The largest absolute Gasteiger partial charge is 0.392 e. The molecule has 1 aliphatic carbocycles. The standard InChI is InChI=1S/C27H29N3O5/c31-18-22-9-7-19(8-10-22)3-1-2-4-20-11-14-23(15-12-20)26(33)29-24(27(34)30-35)17-28-25(32)16-13-21-5-6-21/h1,3,7-12,14-15,21,24,31,35H,5-6,13,16-18H2,(H,28,32)(H,29,33)(H,30,34)/b3-1+/t24-/m0/s1. The molecule has 0 heterocycles. The molecule has 1 atom stereocenters. The van der Waals surface area contributed by atoms with E-state index in [1.54, 1.807) is 30.3 Å². The molecule has 3 amide bonds. The summed E-state index contributed by atoms with van der Waals surface area (Å²) in [4.78, 5) is 36.5.